The second-order valence-corrected chi connectivity index (χ2v) is 5.71. The minimum absolute atomic E-state index is 0.0202. The van der Waals surface area contributed by atoms with Gasteiger partial charge in [-0.25, -0.2) is 0 Å². The van der Waals surface area contributed by atoms with Crippen molar-refractivity contribution in [1.82, 2.24) is 34.4 Å². The highest BCUT2D eigenvalue weighted by Crippen LogP contribution is 2.15. The van der Waals surface area contributed by atoms with Gasteiger partial charge in [0.2, 0.25) is 0 Å². The van der Waals surface area contributed by atoms with E-state index in [4.69, 9.17) is 0 Å². The first-order valence-corrected chi connectivity index (χ1v) is 7.89. The number of hydrogen-bond donors (Lipinski definition) is 0. The van der Waals surface area contributed by atoms with E-state index in [-0.39, 0.29) is 5.91 Å². The minimum Gasteiger partial charge on any atom is -0.331 e. The molecule has 0 atom stereocenters. The number of fused-ring (bicyclic) bond motifs is 1. The number of pyridine rings is 1. The summed E-state index contributed by atoms with van der Waals surface area (Å²) in [6.45, 7) is 2.53. The van der Waals surface area contributed by atoms with Crippen LogP contribution in [0, 0.1) is 0 Å². The third-order valence-corrected chi connectivity index (χ3v) is 4.10. The van der Waals surface area contributed by atoms with Crippen molar-refractivity contribution in [2.75, 3.05) is 6.54 Å². The monoisotopic (exact) mass is 323 g/mol. The van der Waals surface area contributed by atoms with Crippen LogP contribution >= 0.6 is 0 Å². The van der Waals surface area contributed by atoms with Crippen LogP contribution in [0.4, 0.5) is 0 Å². The molecule has 8 nitrogen and oxygen atoms in total. The fourth-order valence-corrected chi connectivity index (χ4v) is 2.92. The fourth-order valence-electron chi connectivity index (χ4n) is 2.92. The maximum atomic E-state index is 12.6. The summed E-state index contributed by atoms with van der Waals surface area (Å²) < 4.78 is 3.92. The zero-order chi connectivity index (χ0) is 16.4. The largest absolute Gasteiger partial charge is 0.331 e. The van der Waals surface area contributed by atoms with Gasteiger partial charge in [-0.2, -0.15) is 5.10 Å². The van der Waals surface area contributed by atoms with Crippen molar-refractivity contribution in [3.63, 3.8) is 0 Å². The lowest BCUT2D eigenvalue weighted by Crippen LogP contribution is -2.31. The average Bonchev–Trinajstić information content (AvgIpc) is 3.20. The summed E-state index contributed by atoms with van der Waals surface area (Å²) in [4.78, 5) is 18.5. The van der Waals surface area contributed by atoms with Crippen LogP contribution in [0.3, 0.4) is 0 Å². The normalized spacial score (nSPS) is 14.2. The van der Waals surface area contributed by atoms with Crippen molar-refractivity contribution < 1.29 is 4.79 Å². The van der Waals surface area contributed by atoms with Crippen LogP contribution in [-0.2, 0) is 19.6 Å². The van der Waals surface area contributed by atoms with Gasteiger partial charge in [-0.05, 0) is 24.6 Å². The SMILES string of the molecule is O=C(c1cccnc1)N1CCCn2c(nnc2Cn2cccn2)C1. The molecule has 0 aromatic carbocycles. The van der Waals surface area contributed by atoms with Crippen LogP contribution in [0.2, 0.25) is 0 Å². The Balaban J connectivity index is 1.55. The molecule has 4 heterocycles. The third-order valence-electron chi connectivity index (χ3n) is 4.10. The van der Waals surface area contributed by atoms with Gasteiger partial charge in [-0.1, -0.05) is 0 Å². The first kappa shape index (κ1) is 14.6. The number of aromatic nitrogens is 6. The Hall–Kier alpha value is -3.03. The van der Waals surface area contributed by atoms with Crippen molar-refractivity contribution in [2.45, 2.75) is 26.1 Å². The molecule has 0 spiro atoms. The Morgan fingerprint density at radius 1 is 1.17 bits per heavy atom. The molecule has 0 radical (unpaired) electrons. The van der Waals surface area contributed by atoms with E-state index >= 15 is 0 Å². The van der Waals surface area contributed by atoms with Gasteiger partial charge in [0.05, 0.1) is 12.1 Å². The summed E-state index contributed by atoms with van der Waals surface area (Å²) in [5, 5.41) is 12.8. The number of hydrogen-bond acceptors (Lipinski definition) is 5. The molecule has 0 bridgehead atoms. The van der Waals surface area contributed by atoms with Crippen molar-refractivity contribution in [1.29, 1.82) is 0 Å². The lowest BCUT2D eigenvalue weighted by Gasteiger charge is -2.19. The minimum atomic E-state index is -0.0202. The highest BCUT2D eigenvalue weighted by Gasteiger charge is 2.23. The maximum absolute atomic E-state index is 12.6. The van der Waals surface area contributed by atoms with E-state index in [1.54, 1.807) is 30.7 Å². The van der Waals surface area contributed by atoms with Crippen LogP contribution in [0.25, 0.3) is 0 Å². The average molecular weight is 323 g/mol. The van der Waals surface area contributed by atoms with Gasteiger partial charge in [-0.3, -0.25) is 14.5 Å². The first-order chi connectivity index (χ1) is 11.8. The molecule has 1 aliphatic heterocycles. The molecular formula is C16H17N7O. The van der Waals surface area contributed by atoms with E-state index in [1.165, 1.54) is 0 Å². The number of amides is 1. The van der Waals surface area contributed by atoms with Crippen LogP contribution in [0.15, 0.2) is 43.0 Å². The molecular weight excluding hydrogens is 306 g/mol. The fraction of sp³-hybridized carbons (Fsp3) is 0.312. The first-order valence-electron chi connectivity index (χ1n) is 7.89. The summed E-state index contributed by atoms with van der Waals surface area (Å²) in [6, 6.07) is 5.44. The van der Waals surface area contributed by atoms with Gasteiger partial charge in [0.1, 0.15) is 6.54 Å². The van der Waals surface area contributed by atoms with E-state index in [9.17, 15) is 4.79 Å². The molecule has 0 unspecified atom stereocenters. The summed E-state index contributed by atoms with van der Waals surface area (Å²) in [5.74, 6) is 1.66. The Morgan fingerprint density at radius 3 is 2.92 bits per heavy atom. The topological polar surface area (TPSA) is 81.7 Å². The lowest BCUT2D eigenvalue weighted by atomic mass is 10.2. The molecule has 24 heavy (non-hydrogen) atoms. The molecule has 3 aromatic heterocycles. The van der Waals surface area contributed by atoms with E-state index in [1.807, 2.05) is 21.8 Å². The lowest BCUT2D eigenvalue weighted by molar-refractivity contribution is 0.0743. The smallest absolute Gasteiger partial charge is 0.255 e. The van der Waals surface area contributed by atoms with Crippen molar-refractivity contribution in [2.24, 2.45) is 0 Å². The zero-order valence-electron chi connectivity index (χ0n) is 13.1. The summed E-state index contributed by atoms with van der Waals surface area (Å²) >= 11 is 0. The van der Waals surface area contributed by atoms with Gasteiger partial charge in [0, 0.05) is 37.9 Å². The predicted molar refractivity (Wildman–Crippen MR) is 84.9 cm³/mol. The molecule has 0 fully saturated rings. The summed E-state index contributed by atoms with van der Waals surface area (Å²) in [7, 11) is 0. The quantitative estimate of drug-likeness (QED) is 0.717. The number of rotatable bonds is 3. The van der Waals surface area contributed by atoms with Crippen LogP contribution < -0.4 is 0 Å². The highest BCUT2D eigenvalue weighted by atomic mass is 16.2. The zero-order valence-corrected chi connectivity index (χ0v) is 13.1. The van der Waals surface area contributed by atoms with E-state index in [2.05, 4.69) is 24.8 Å². The maximum Gasteiger partial charge on any atom is 0.255 e. The molecule has 0 saturated carbocycles. The third kappa shape index (κ3) is 2.78. The van der Waals surface area contributed by atoms with Crippen molar-refractivity contribution >= 4 is 5.91 Å². The molecule has 3 aromatic rings. The molecule has 8 heteroatoms. The molecule has 4 rings (SSSR count). The van der Waals surface area contributed by atoms with Gasteiger partial charge >= 0.3 is 0 Å². The molecule has 1 amide bonds. The number of carbonyl (C=O) groups is 1. The van der Waals surface area contributed by atoms with Crippen molar-refractivity contribution in [3.8, 4) is 0 Å². The molecule has 122 valence electrons. The van der Waals surface area contributed by atoms with Gasteiger partial charge in [-0.15, -0.1) is 10.2 Å². The predicted octanol–water partition coefficient (Wildman–Crippen LogP) is 0.964. The second kappa shape index (κ2) is 6.23. The van der Waals surface area contributed by atoms with Gasteiger partial charge < -0.3 is 9.47 Å². The van der Waals surface area contributed by atoms with E-state index < -0.39 is 0 Å². The molecule has 0 N–H and O–H groups in total. The second-order valence-electron chi connectivity index (χ2n) is 5.71. The Morgan fingerprint density at radius 2 is 2.12 bits per heavy atom. The van der Waals surface area contributed by atoms with Crippen LogP contribution in [0.5, 0.6) is 0 Å². The van der Waals surface area contributed by atoms with Gasteiger partial charge in [0.15, 0.2) is 11.6 Å². The summed E-state index contributed by atoms with van der Waals surface area (Å²) in [5.41, 5.74) is 0.599. The number of carbonyl (C=O) groups excluding carboxylic acids is 1. The molecule has 0 aliphatic carbocycles. The van der Waals surface area contributed by atoms with Crippen LogP contribution in [-0.4, -0.2) is 46.9 Å². The van der Waals surface area contributed by atoms with Crippen molar-refractivity contribution in [3.05, 3.63) is 60.2 Å². The Bertz CT molecular complexity index is 826. The Kier molecular flexibility index (Phi) is 3.78. The van der Waals surface area contributed by atoms with Gasteiger partial charge in [0.25, 0.3) is 5.91 Å². The number of nitrogens with zero attached hydrogens (tertiary/aromatic N) is 7. The highest BCUT2D eigenvalue weighted by molar-refractivity contribution is 5.93. The molecule has 0 saturated heterocycles. The van der Waals surface area contributed by atoms with Crippen LogP contribution in [0.1, 0.15) is 28.4 Å². The van der Waals surface area contributed by atoms with E-state index in [0.717, 1.165) is 24.6 Å². The summed E-state index contributed by atoms with van der Waals surface area (Å²) in [6.07, 6.45) is 7.77. The molecule has 1 aliphatic rings. The van der Waals surface area contributed by atoms with E-state index in [0.29, 0.717) is 25.2 Å². The Labute approximate surface area is 138 Å². The standard InChI is InChI=1S/C16H17N7O/c24-16(13-4-1-5-17-10-13)21-7-3-9-23-14(11-21)19-20-15(23)12-22-8-2-6-18-22/h1-2,4-6,8,10H,3,7,9,11-12H2.